The number of methoxy groups -OCH3 is 1. The minimum absolute atomic E-state index is 0.307. The molecule has 1 saturated heterocycles. The quantitative estimate of drug-likeness (QED) is 0.921. The van der Waals surface area contributed by atoms with Crippen molar-refractivity contribution in [2.45, 2.75) is 38.0 Å². The first kappa shape index (κ1) is 14.4. The largest absolute Gasteiger partial charge is 0.496 e. The SMILES string of the molecule is COc1ccc(C(=O)O)cc1CN1CCO[C@@H]2CCC[C@@H]21. The highest BCUT2D eigenvalue weighted by Crippen LogP contribution is 2.32. The first-order chi connectivity index (χ1) is 10.2. The monoisotopic (exact) mass is 291 g/mol. The van der Waals surface area contributed by atoms with Gasteiger partial charge in [-0.25, -0.2) is 4.79 Å². The normalized spacial score (nSPS) is 25.6. The zero-order valence-corrected chi connectivity index (χ0v) is 12.2. The molecule has 1 heterocycles. The number of aromatic carboxylic acids is 1. The minimum Gasteiger partial charge on any atom is -0.496 e. The number of ether oxygens (including phenoxy) is 2. The van der Waals surface area contributed by atoms with E-state index in [-0.39, 0.29) is 0 Å². The fourth-order valence-corrected chi connectivity index (χ4v) is 3.46. The molecule has 1 aromatic rings. The Balaban J connectivity index is 1.82. The van der Waals surface area contributed by atoms with Crippen molar-refractivity contribution in [2.75, 3.05) is 20.3 Å². The van der Waals surface area contributed by atoms with E-state index in [1.807, 2.05) is 0 Å². The Labute approximate surface area is 124 Å². The number of rotatable bonds is 4. The molecule has 1 aliphatic heterocycles. The molecule has 1 N–H and O–H groups in total. The summed E-state index contributed by atoms with van der Waals surface area (Å²) in [7, 11) is 1.62. The minimum atomic E-state index is -0.903. The van der Waals surface area contributed by atoms with Crippen LogP contribution in [0.1, 0.15) is 35.2 Å². The number of benzene rings is 1. The molecule has 1 aromatic carbocycles. The van der Waals surface area contributed by atoms with Crippen LogP contribution < -0.4 is 4.74 Å². The zero-order chi connectivity index (χ0) is 14.8. The standard InChI is InChI=1S/C16H21NO4/c1-20-14-6-5-11(16(18)19)9-12(14)10-17-7-8-21-15-4-2-3-13(15)17/h5-6,9,13,15H,2-4,7-8,10H2,1H3,(H,18,19)/t13-,15+/m0/s1. The summed E-state index contributed by atoms with van der Waals surface area (Å²) in [6, 6.07) is 5.51. The molecule has 2 fully saturated rings. The Hall–Kier alpha value is -1.59. The summed E-state index contributed by atoms with van der Waals surface area (Å²) in [5, 5.41) is 9.15. The van der Waals surface area contributed by atoms with Gasteiger partial charge < -0.3 is 14.6 Å². The second-order valence-electron chi connectivity index (χ2n) is 5.71. The number of carbonyl (C=O) groups is 1. The lowest BCUT2D eigenvalue weighted by atomic mass is 10.1. The van der Waals surface area contributed by atoms with Crippen molar-refractivity contribution in [1.29, 1.82) is 0 Å². The van der Waals surface area contributed by atoms with Crippen molar-refractivity contribution in [1.82, 2.24) is 4.90 Å². The number of hydrogen-bond donors (Lipinski definition) is 1. The van der Waals surface area contributed by atoms with Crippen LogP contribution in [0.5, 0.6) is 5.75 Å². The molecule has 3 rings (SSSR count). The number of hydrogen-bond acceptors (Lipinski definition) is 4. The van der Waals surface area contributed by atoms with Crippen LogP contribution in [-0.4, -0.2) is 48.4 Å². The average Bonchev–Trinajstić information content (AvgIpc) is 2.96. The molecule has 21 heavy (non-hydrogen) atoms. The summed E-state index contributed by atoms with van der Waals surface area (Å²) >= 11 is 0. The molecular formula is C16H21NO4. The maximum Gasteiger partial charge on any atom is 0.335 e. The summed E-state index contributed by atoms with van der Waals surface area (Å²) in [6.45, 7) is 2.36. The van der Waals surface area contributed by atoms with E-state index < -0.39 is 5.97 Å². The highest BCUT2D eigenvalue weighted by atomic mass is 16.5. The van der Waals surface area contributed by atoms with Crippen molar-refractivity contribution in [2.24, 2.45) is 0 Å². The van der Waals surface area contributed by atoms with Crippen molar-refractivity contribution in [3.63, 3.8) is 0 Å². The van der Waals surface area contributed by atoms with E-state index in [1.54, 1.807) is 25.3 Å². The van der Waals surface area contributed by atoms with Crippen LogP contribution in [0.4, 0.5) is 0 Å². The first-order valence-electron chi connectivity index (χ1n) is 7.45. The third kappa shape index (κ3) is 2.89. The lowest BCUT2D eigenvalue weighted by Gasteiger charge is -2.37. The fourth-order valence-electron chi connectivity index (χ4n) is 3.46. The second-order valence-corrected chi connectivity index (χ2v) is 5.71. The van der Waals surface area contributed by atoms with Gasteiger partial charge in [0.15, 0.2) is 0 Å². The molecule has 114 valence electrons. The van der Waals surface area contributed by atoms with E-state index in [1.165, 1.54) is 6.42 Å². The van der Waals surface area contributed by atoms with Crippen molar-refractivity contribution in [3.05, 3.63) is 29.3 Å². The van der Waals surface area contributed by atoms with E-state index in [4.69, 9.17) is 14.6 Å². The van der Waals surface area contributed by atoms with Crippen LogP contribution >= 0.6 is 0 Å². The van der Waals surface area contributed by atoms with Crippen LogP contribution in [0, 0.1) is 0 Å². The molecule has 1 saturated carbocycles. The van der Waals surface area contributed by atoms with Gasteiger partial charge in [0.05, 0.1) is 25.4 Å². The molecule has 2 atom stereocenters. The summed E-state index contributed by atoms with van der Waals surface area (Å²) in [6.07, 6.45) is 3.84. The van der Waals surface area contributed by atoms with Crippen LogP contribution in [0.3, 0.4) is 0 Å². The highest BCUT2D eigenvalue weighted by Gasteiger charge is 2.36. The van der Waals surface area contributed by atoms with Crippen molar-refractivity contribution < 1.29 is 19.4 Å². The maximum atomic E-state index is 11.2. The Morgan fingerprint density at radius 3 is 3.10 bits per heavy atom. The Bertz CT molecular complexity index is 531. The van der Waals surface area contributed by atoms with Gasteiger partial charge >= 0.3 is 5.97 Å². The number of carboxylic acids is 1. The van der Waals surface area contributed by atoms with Gasteiger partial charge in [-0.1, -0.05) is 0 Å². The third-order valence-corrected chi connectivity index (χ3v) is 4.50. The number of nitrogens with zero attached hydrogens (tertiary/aromatic N) is 1. The molecule has 5 heteroatoms. The van der Waals surface area contributed by atoms with E-state index in [2.05, 4.69) is 4.90 Å². The van der Waals surface area contributed by atoms with E-state index in [0.29, 0.717) is 17.7 Å². The van der Waals surface area contributed by atoms with Gasteiger partial charge in [0.2, 0.25) is 0 Å². The lowest BCUT2D eigenvalue weighted by Crippen LogP contribution is -2.47. The van der Waals surface area contributed by atoms with Crippen molar-refractivity contribution in [3.8, 4) is 5.75 Å². The summed E-state index contributed by atoms with van der Waals surface area (Å²) in [4.78, 5) is 13.6. The molecule has 0 radical (unpaired) electrons. The summed E-state index contributed by atoms with van der Waals surface area (Å²) in [5.41, 5.74) is 1.24. The van der Waals surface area contributed by atoms with Gasteiger partial charge in [0.25, 0.3) is 0 Å². The molecule has 0 bridgehead atoms. The van der Waals surface area contributed by atoms with E-state index >= 15 is 0 Å². The topological polar surface area (TPSA) is 59.0 Å². The van der Waals surface area contributed by atoms with Gasteiger partial charge in [-0.05, 0) is 37.5 Å². The van der Waals surface area contributed by atoms with Gasteiger partial charge in [0.1, 0.15) is 5.75 Å². The molecule has 0 unspecified atom stereocenters. The van der Waals surface area contributed by atoms with E-state index in [0.717, 1.165) is 43.9 Å². The number of carboxylic acid groups (broad SMARTS) is 1. The van der Waals surface area contributed by atoms with Crippen LogP contribution in [0.2, 0.25) is 0 Å². The Morgan fingerprint density at radius 1 is 1.48 bits per heavy atom. The van der Waals surface area contributed by atoms with Gasteiger partial charge in [-0.2, -0.15) is 0 Å². The smallest absolute Gasteiger partial charge is 0.335 e. The predicted octanol–water partition coefficient (Wildman–Crippen LogP) is 2.15. The first-order valence-corrected chi connectivity index (χ1v) is 7.45. The van der Waals surface area contributed by atoms with Crippen molar-refractivity contribution >= 4 is 5.97 Å². The molecular weight excluding hydrogens is 270 g/mol. The number of fused-ring (bicyclic) bond motifs is 1. The lowest BCUT2D eigenvalue weighted by molar-refractivity contribution is -0.0590. The molecule has 1 aliphatic carbocycles. The average molecular weight is 291 g/mol. The van der Waals surface area contributed by atoms with E-state index in [9.17, 15) is 4.79 Å². The van der Waals surface area contributed by atoms with Crippen LogP contribution in [0.25, 0.3) is 0 Å². The van der Waals surface area contributed by atoms with Gasteiger partial charge in [0, 0.05) is 24.7 Å². The third-order valence-electron chi connectivity index (χ3n) is 4.50. The molecule has 0 aromatic heterocycles. The summed E-state index contributed by atoms with van der Waals surface area (Å²) < 4.78 is 11.2. The molecule has 2 aliphatic rings. The maximum absolute atomic E-state index is 11.2. The summed E-state index contributed by atoms with van der Waals surface area (Å²) in [5.74, 6) is -0.152. The Morgan fingerprint density at radius 2 is 2.33 bits per heavy atom. The highest BCUT2D eigenvalue weighted by molar-refractivity contribution is 5.88. The predicted molar refractivity (Wildman–Crippen MR) is 77.7 cm³/mol. The zero-order valence-electron chi connectivity index (χ0n) is 12.2. The van der Waals surface area contributed by atoms with Crippen LogP contribution in [0.15, 0.2) is 18.2 Å². The van der Waals surface area contributed by atoms with Gasteiger partial charge in [-0.15, -0.1) is 0 Å². The molecule has 5 nitrogen and oxygen atoms in total. The molecule has 0 spiro atoms. The second kappa shape index (κ2) is 6.03. The fraction of sp³-hybridized carbons (Fsp3) is 0.562. The number of morpholine rings is 1. The van der Waals surface area contributed by atoms with Crippen LogP contribution in [-0.2, 0) is 11.3 Å². The Kier molecular flexibility index (Phi) is 4.12. The van der Waals surface area contributed by atoms with Gasteiger partial charge in [-0.3, -0.25) is 4.90 Å². The molecule has 0 amide bonds.